The van der Waals surface area contributed by atoms with Crippen molar-refractivity contribution in [2.24, 2.45) is 0 Å². The Labute approximate surface area is 112 Å². The number of quaternary nitrogens is 1. The number of carbonyl (C=O) groups is 1. The van der Waals surface area contributed by atoms with Gasteiger partial charge in [0.05, 0.1) is 25.6 Å². The van der Waals surface area contributed by atoms with Gasteiger partial charge in [-0.1, -0.05) is 0 Å². The standard InChI is InChI=1S/C13H19N3O3/c1-10-9-11(5-6-12(10)16(18)19)13(17)14-7-4-8-15(2)3/h5-6,9H,4,7-8H2,1-3H3,(H,14,17)/p+1. The average molecular weight is 266 g/mol. The molecule has 1 aromatic carbocycles. The lowest BCUT2D eigenvalue weighted by Crippen LogP contribution is -3.05. The summed E-state index contributed by atoms with van der Waals surface area (Å²) in [4.78, 5) is 23.4. The van der Waals surface area contributed by atoms with Crippen LogP contribution in [0.25, 0.3) is 0 Å². The molecule has 0 bridgehead atoms. The van der Waals surface area contributed by atoms with E-state index in [9.17, 15) is 14.9 Å². The van der Waals surface area contributed by atoms with Gasteiger partial charge in [0.2, 0.25) is 0 Å². The lowest BCUT2D eigenvalue weighted by atomic mass is 10.1. The first-order valence-electron chi connectivity index (χ1n) is 6.24. The molecule has 2 N–H and O–H groups in total. The van der Waals surface area contributed by atoms with E-state index in [2.05, 4.69) is 19.4 Å². The van der Waals surface area contributed by atoms with Crippen LogP contribution in [0.3, 0.4) is 0 Å². The second-order valence-electron chi connectivity index (χ2n) is 4.82. The number of amides is 1. The molecule has 0 aromatic heterocycles. The van der Waals surface area contributed by atoms with Gasteiger partial charge in [-0.3, -0.25) is 14.9 Å². The highest BCUT2D eigenvalue weighted by Gasteiger charge is 2.13. The largest absolute Gasteiger partial charge is 0.352 e. The molecule has 1 amide bonds. The Kier molecular flexibility index (Phi) is 5.44. The van der Waals surface area contributed by atoms with Gasteiger partial charge in [-0.25, -0.2) is 0 Å². The maximum atomic E-state index is 11.8. The zero-order valence-corrected chi connectivity index (χ0v) is 11.5. The molecule has 104 valence electrons. The summed E-state index contributed by atoms with van der Waals surface area (Å²) in [5.74, 6) is -0.188. The summed E-state index contributed by atoms with van der Waals surface area (Å²) in [5.41, 5.74) is 0.989. The highest BCUT2D eigenvalue weighted by atomic mass is 16.6. The first-order chi connectivity index (χ1) is 8.91. The van der Waals surface area contributed by atoms with Crippen LogP contribution in [-0.2, 0) is 0 Å². The molecular formula is C13H20N3O3+. The van der Waals surface area contributed by atoms with E-state index in [-0.39, 0.29) is 11.6 Å². The Morgan fingerprint density at radius 3 is 2.63 bits per heavy atom. The molecule has 0 unspecified atom stereocenters. The molecule has 0 heterocycles. The second-order valence-corrected chi connectivity index (χ2v) is 4.82. The third-order valence-electron chi connectivity index (χ3n) is 2.79. The van der Waals surface area contributed by atoms with Crippen LogP contribution in [0.4, 0.5) is 5.69 Å². The third-order valence-corrected chi connectivity index (χ3v) is 2.79. The number of nitrogens with zero attached hydrogens (tertiary/aromatic N) is 1. The fourth-order valence-electron chi connectivity index (χ4n) is 1.75. The Morgan fingerprint density at radius 2 is 2.11 bits per heavy atom. The number of benzene rings is 1. The van der Waals surface area contributed by atoms with E-state index in [4.69, 9.17) is 0 Å². The van der Waals surface area contributed by atoms with Crippen molar-refractivity contribution in [3.05, 3.63) is 39.4 Å². The number of nitro benzene ring substituents is 1. The highest BCUT2D eigenvalue weighted by molar-refractivity contribution is 5.94. The molecule has 6 nitrogen and oxygen atoms in total. The van der Waals surface area contributed by atoms with Gasteiger partial charge >= 0.3 is 0 Å². The molecule has 1 aromatic rings. The van der Waals surface area contributed by atoms with Crippen molar-refractivity contribution >= 4 is 11.6 Å². The number of nitro groups is 1. The monoisotopic (exact) mass is 266 g/mol. The van der Waals surface area contributed by atoms with E-state index in [1.807, 2.05) is 0 Å². The Morgan fingerprint density at radius 1 is 1.42 bits per heavy atom. The summed E-state index contributed by atoms with van der Waals surface area (Å²) in [5, 5.41) is 13.5. The van der Waals surface area contributed by atoms with E-state index in [0.29, 0.717) is 17.7 Å². The molecule has 19 heavy (non-hydrogen) atoms. The molecule has 1 rings (SSSR count). The third kappa shape index (κ3) is 4.67. The summed E-state index contributed by atoms with van der Waals surface area (Å²) in [7, 11) is 4.11. The van der Waals surface area contributed by atoms with Crippen molar-refractivity contribution in [2.75, 3.05) is 27.2 Å². The van der Waals surface area contributed by atoms with Crippen molar-refractivity contribution < 1.29 is 14.6 Å². The Hall–Kier alpha value is -1.95. The number of nitrogens with one attached hydrogen (secondary N) is 2. The van der Waals surface area contributed by atoms with Crippen molar-refractivity contribution in [3.63, 3.8) is 0 Å². The van der Waals surface area contributed by atoms with E-state index in [1.165, 1.54) is 17.0 Å². The number of carbonyl (C=O) groups excluding carboxylic acids is 1. The lowest BCUT2D eigenvalue weighted by molar-refractivity contribution is -0.858. The SMILES string of the molecule is Cc1cc(C(=O)NCCC[NH+](C)C)ccc1[N+](=O)[O-]. The topological polar surface area (TPSA) is 76.7 Å². The molecule has 0 radical (unpaired) electrons. The molecule has 0 fully saturated rings. The van der Waals surface area contributed by atoms with Crippen LogP contribution < -0.4 is 10.2 Å². The molecule has 0 atom stereocenters. The van der Waals surface area contributed by atoms with Crippen molar-refractivity contribution in [2.45, 2.75) is 13.3 Å². The predicted octanol–water partition coefficient (Wildman–Crippen LogP) is 0.168. The van der Waals surface area contributed by atoms with E-state index >= 15 is 0 Å². The molecule has 0 aliphatic heterocycles. The number of hydrogen-bond donors (Lipinski definition) is 2. The van der Waals surface area contributed by atoms with Gasteiger partial charge in [0.15, 0.2) is 0 Å². The summed E-state index contributed by atoms with van der Waals surface area (Å²) in [6.07, 6.45) is 0.903. The van der Waals surface area contributed by atoms with Crippen molar-refractivity contribution in [3.8, 4) is 0 Å². The Balaban J connectivity index is 2.58. The maximum Gasteiger partial charge on any atom is 0.272 e. The van der Waals surface area contributed by atoms with Crippen LogP contribution in [0, 0.1) is 17.0 Å². The molecule has 6 heteroatoms. The quantitative estimate of drug-likeness (QED) is 0.438. The zero-order valence-electron chi connectivity index (χ0n) is 11.5. The minimum atomic E-state index is -0.448. The first kappa shape index (κ1) is 15.1. The first-order valence-corrected chi connectivity index (χ1v) is 6.24. The van der Waals surface area contributed by atoms with E-state index in [1.54, 1.807) is 13.0 Å². The van der Waals surface area contributed by atoms with Crippen LogP contribution in [0.15, 0.2) is 18.2 Å². The number of hydrogen-bond acceptors (Lipinski definition) is 3. The maximum absolute atomic E-state index is 11.8. The number of rotatable bonds is 6. The molecular weight excluding hydrogens is 246 g/mol. The van der Waals surface area contributed by atoms with E-state index in [0.717, 1.165) is 13.0 Å². The van der Waals surface area contributed by atoms with Crippen LogP contribution >= 0.6 is 0 Å². The van der Waals surface area contributed by atoms with E-state index < -0.39 is 4.92 Å². The van der Waals surface area contributed by atoms with Gasteiger partial charge in [-0.15, -0.1) is 0 Å². The predicted molar refractivity (Wildman–Crippen MR) is 72.5 cm³/mol. The summed E-state index contributed by atoms with van der Waals surface area (Å²) in [6.45, 7) is 3.23. The second kappa shape index (κ2) is 6.84. The fraction of sp³-hybridized carbons (Fsp3) is 0.462. The molecule has 0 saturated carbocycles. The van der Waals surface area contributed by atoms with Gasteiger partial charge in [0.25, 0.3) is 11.6 Å². The van der Waals surface area contributed by atoms with Gasteiger partial charge in [0.1, 0.15) is 0 Å². The summed E-state index contributed by atoms with van der Waals surface area (Å²) >= 11 is 0. The van der Waals surface area contributed by atoms with Gasteiger partial charge < -0.3 is 10.2 Å². The van der Waals surface area contributed by atoms with Gasteiger partial charge in [-0.2, -0.15) is 0 Å². The normalized spacial score (nSPS) is 10.5. The summed E-state index contributed by atoms with van der Waals surface area (Å²) < 4.78 is 0. The zero-order chi connectivity index (χ0) is 14.4. The Bertz CT molecular complexity index is 472. The smallest absolute Gasteiger partial charge is 0.272 e. The van der Waals surface area contributed by atoms with Gasteiger partial charge in [-0.05, 0) is 19.1 Å². The van der Waals surface area contributed by atoms with Crippen LogP contribution in [0.5, 0.6) is 0 Å². The average Bonchev–Trinajstić information content (AvgIpc) is 2.33. The summed E-state index contributed by atoms with van der Waals surface area (Å²) in [6, 6.07) is 4.40. The molecule has 0 spiro atoms. The van der Waals surface area contributed by atoms with Crippen molar-refractivity contribution in [1.29, 1.82) is 0 Å². The molecule has 0 aliphatic carbocycles. The van der Waals surface area contributed by atoms with Crippen LogP contribution in [-0.4, -0.2) is 38.0 Å². The number of aryl methyl sites for hydroxylation is 1. The van der Waals surface area contributed by atoms with Crippen LogP contribution in [0.2, 0.25) is 0 Å². The molecule has 0 aliphatic rings. The van der Waals surface area contributed by atoms with Gasteiger partial charge in [0, 0.05) is 30.2 Å². The van der Waals surface area contributed by atoms with Crippen molar-refractivity contribution in [1.82, 2.24) is 5.32 Å². The molecule has 0 saturated heterocycles. The fourth-order valence-corrected chi connectivity index (χ4v) is 1.75. The minimum Gasteiger partial charge on any atom is -0.352 e. The highest BCUT2D eigenvalue weighted by Crippen LogP contribution is 2.18. The van der Waals surface area contributed by atoms with Crippen LogP contribution in [0.1, 0.15) is 22.3 Å². The lowest BCUT2D eigenvalue weighted by Gasteiger charge is -2.08. The minimum absolute atomic E-state index is 0.0350.